The lowest BCUT2D eigenvalue weighted by Crippen LogP contribution is -2.34. The second-order valence-electron chi connectivity index (χ2n) is 5.73. The molecule has 2 rings (SSSR count). The number of hydrogen-bond donors (Lipinski definition) is 1. The number of esters is 1. The van der Waals surface area contributed by atoms with Crippen LogP contribution < -0.4 is 5.32 Å². The Morgan fingerprint density at radius 3 is 2.55 bits per heavy atom. The molecular weight excluding hydrogens is 250 g/mol. The first-order valence-electron chi connectivity index (χ1n) is 7.66. The lowest BCUT2D eigenvalue weighted by molar-refractivity contribution is -0.145. The molecule has 1 unspecified atom stereocenters. The van der Waals surface area contributed by atoms with Crippen molar-refractivity contribution in [3.05, 3.63) is 35.9 Å². The van der Waals surface area contributed by atoms with Gasteiger partial charge in [-0.3, -0.25) is 0 Å². The third kappa shape index (κ3) is 3.83. The molecule has 1 aromatic carbocycles. The Hall–Kier alpha value is -1.35. The Morgan fingerprint density at radius 1 is 1.30 bits per heavy atom. The highest BCUT2D eigenvalue weighted by Crippen LogP contribution is 2.49. The van der Waals surface area contributed by atoms with Crippen LogP contribution in [0.4, 0.5) is 0 Å². The maximum absolute atomic E-state index is 12.2. The summed E-state index contributed by atoms with van der Waals surface area (Å²) < 4.78 is 5.20. The smallest absolute Gasteiger partial charge is 0.327 e. The molecule has 0 amide bonds. The monoisotopic (exact) mass is 275 g/mol. The molecular formula is C17H25NO2. The maximum Gasteiger partial charge on any atom is 0.327 e. The number of carbonyl (C=O) groups is 1. The number of carbonyl (C=O) groups excluding carboxylic acids is 1. The molecule has 1 saturated carbocycles. The Balaban J connectivity index is 2.02. The number of nitrogens with one attached hydrogen (secondary N) is 1. The minimum Gasteiger partial charge on any atom is -0.465 e. The predicted molar refractivity (Wildman–Crippen MR) is 80.4 cm³/mol. The molecule has 110 valence electrons. The molecule has 20 heavy (non-hydrogen) atoms. The first-order valence-corrected chi connectivity index (χ1v) is 7.66. The highest BCUT2D eigenvalue weighted by molar-refractivity contribution is 5.77. The molecule has 3 heteroatoms. The first-order chi connectivity index (χ1) is 9.71. The lowest BCUT2D eigenvalue weighted by atomic mass is 9.99. The van der Waals surface area contributed by atoms with Gasteiger partial charge in [0.15, 0.2) is 0 Å². The molecule has 1 fully saturated rings. The molecule has 0 aromatic heterocycles. The van der Waals surface area contributed by atoms with Crippen molar-refractivity contribution < 1.29 is 9.53 Å². The van der Waals surface area contributed by atoms with Gasteiger partial charge in [-0.2, -0.15) is 0 Å². The molecule has 3 nitrogen and oxygen atoms in total. The highest BCUT2D eigenvalue weighted by Gasteiger charge is 2.42. The fraction of sp³-hybridized carbons (Fsp3) is 0.588. The van der Waals surface area contributed by atoms with E-state index in [1.807, 2.05) is 37.3 Å². The quantitative estimate of drug-likeness (QED) is 0.738. The molecule has 0 aliphatic heterocycles. The molecule has 0 saturated heterocycles. The van der Waals surface area contributed by atoms with Gasteiger partial charge in [0.2, 0.25) is 0 Å². The molecule has 0 heterocycles. The summed E-state index contributed by atoms with van der Waals surface area (Å²) in [5, 5.41) is 3.43. The highest BCUT2D eigenvalue weighted by atomic mass is 16.5. The Kier molecular flexibility index (Phi) is 5.18. The molecule has 1 atom stereocenters. The van der Waals surface area contributed by atoms with E-state index in [2.05, 4.69) is 12.2 Å². The van der Waals surface area contributed by atoms with Crippen LogP contribution in [0.25, 0.3) is 0 Å². The van der Waals surface area contributed by atoms with Crippen molar-refractivity contribution >= 4 is 5.97 Å². The number of benzene rings is 1. The molecule has 0 bridgehead atoms. The van der Waals surface area contributed by atoms with E-state index in [1.54, 1.807) is 0 Å². The summed E-state index contributed by atoms with van der Waals surface area (Å²) in [6.07, 6.45) is 5.00. The number of hydrogen-bond acceptors (Lipinski definition) is 3. The Morgan fingerprint density at radius 2 is 2.00 bits per heavy atom. The van der Waals surface area contributed by atoms with Crippen molar-refractivity contribution in [3.8, 4) is 0 Å². The Labute approximate surface area is 121 Å². The molecule has 1 aliphatic carbocycles. The van der Waals surface area contributed by atoms with Gasteiger partial charge in [-0.05, 0) is 37.2 Å². The van der Waals surface area contributed by atoms with Crippen molar-refractivity contribution in [1.29, 1.82) is 0 Å². The number of ether oxygens (including phenoxy) is 1. The second kappa shape index (κ2) is 6.89. The van der Waals surface area contributed by atoms with E-state index in [4.69, 9.17) is 4.74 Å². The average molecular weight is 275 g/mol. The zero-order valence-corrected chi connectivity index (χ0v) is 12.5. The summed E-state index contributed by atoms with van der Waals surface area (Å²) in [7, 11) is 0. The van der Waals surface area contributed by atoms with E-state index in [9.17, 15) is 4.79 Å². The van der Waals surface area contributed by atoms with Crippen LogP contribution in [0.15, 0.2) is 30.3 Å². The van der Waals surface area contributed by atoms with Gasteiger partial charge in [0, 0.05) is 6.54 Å². The van der Waals surface area contributed by atoms with Gasteiger partial charge in [-0.1, -0.05) is 43.7 Å². The third-order valence-corrected chi connectivity index (χ3v) is 4.07. The molecule has 0 spiro atoms. The summed E-state index contributed by atoms with van der Waals surface area (Å²) in [6, 6.07) is 9.50. The predicted octanol–water partition coefficient (Wildman–Crippen LogP) is 3.46. The van der Waals surface area contributed by atoms with Crippen molar-refractivity contribution in [2.45, 2.75) is 45.6 Å². The summed E-state index contributed by atoms with van der Waals surface area (Å²) in [5.74, 6) is -0.175. The van der Waals surface area contributed by atoms with Crippen LogP contribution >= 0.6 is 0 Å². The molecule has 1 N–H and O–H groups in total. The topological polar surface area (TPSA) is 38.3 Å². The van der Waals surface area contributed by atoms with Crippen molar-refractivity contribution in [2.24, 2.45) is 5.41 Å². The van der Waals surface area contributed by atoms with Gasteiger partial charge in [-0.25, -0.2) is 4.79 Å². The van der Waals surface area contributed by atoms with E-state index in [0.29, 0.717) is 12.0 Å². The van der Waals surface area contributed by atoms with Crippen molar-refractivity contribution in [2.75, 3.05) is 13.2 Å². The minimum absolute atomic E-state index is 0.175. The van der Waals surface area contributed by atoms with E-state index in [0.717, 1.165) is 12.1 Å². The lowest BCUT2D eigenvalue weighted by Gasteiger charge is -2.21. The van der Waals surface area contributed by atoms with Gasteiger partial charge in [0.25, 0.3) is 0 Å². The third-order valence-electron chi connectivity index (χ3n) is 4.07. The number of rotatable bonds is 8. The van der Waals surface area contributed by atoms with Crippen LogP contribution in [0.1, 0.15) is 51.1 Å². The molecule has 1 aliphatic rings. The fourth-order valence-corrected chi connectivity index (χ4v) is 2.75. The first kappa shape index (κ1) is 15.0. The largest absolute Gasteiger partial charge is 0.465 e. The van der Waals surface area contributed by atoms with Gasteiger partial charge >= 0.3 is 5.97 Å². The van der Waals surface area contributed by atoms with Crippen LogP contribution in [0.3, 0.4) is 0 Å². The van der Waals surface area contributed by atoms with Crippen LogP contribution in [-0.2, 0) is 9.53 Å². The van der Waals surface area contributed by atoms with E-state index in [-0.39, 0.29) is 12.0 Å². The average Bonchev–Trinajstić information content (AvgIpc) is 3.21. The summed E-state index contributed by atoms with van der Waals surface area (Å²) >= 11 is 0. The van der Waals surface area contributed by atoms with Gasteiger partial charge < -0.3 is 10.1 Å². The summed E-state index contributed by atoms with van der Waals surface area (Å²) in [5.41, 5.74) is 1.41. The van der Waals surface area contributed by atoms with Crippen LogP contribution in [-0.4, -0.2) is 19.1 Å². The van der Waals surface area contributed by atoms with Gasteiger partial charge in [-0.15, -0.1) is 0 Å². The van der Waals surface area contributed by atoms with E-state index >= 15 is 0 Å². The van der Waals surface area contributed by atoms with Crippen LogP contribution in [0.2, 0.25) is 0 Å². The summed E-state index contributed by atoms with van der Waals surface area (Å²) in [4.78, 5) is 12.2. The van der Waals surface area contributed by atoms with E-state index in [1.165, 1.54) is 25.7 Å². The van der Waals surface area contributed by atoms with Crippen molar-refractivity contribution in [3.63, 3.8) is 0 Å². The normalized spacial score (nSPS) is 17.5. The zero-order valence-electron chi connectivity index (χ0n) is 12.5. The summed E-state index contributed by atoms with van der Waals surface area (Å²) in [6.45, 7) is 5.39. The SMILES string of the molecule is CCCC1(CNC(C(=O)OCC)c2ccccc2)CC1. The van der Waals surface area contributed by atoms with Crippen LogP contribution in [0.5, 0.6) is 0 Å². The van der Waals surface area contributed by atoms with Crippen molar-refractivity contribution in [1.82, 2.24) is 5.32 Å². The molecule has 1 aromatic rings. The Bertz CT molecular complexity index is 426. The second-order valence-corrected chi connectivity index (χ2v) is 5.73. The maximum atomic E-state index is 12.2. The zero-order chi connectivity index (χ0) is 14.4. The molecule has 0 radical (unpaired) electrons. The standard InChI is InChI=1S/C17H25NO2/c1-3-10-17(11-12-17)13-18-15(16(19)20-4-2)14-8-6-5-7-9-14/h5-9,15,18H,3-4,10-13H2,1-2H3. The van der Waals surface area contributed by atoms with E-state index < -0.39 is 0 Å². The minimum atomic E-state index is -0.342. The van der Waals surface area contributed by atoms with Gasteiger partial charge in [0.05, 0.1) is 6.61 Å². The van der Waals surface area contributed by atoms with Gasteiger partial charge in [0.1, 0.15) is 6.04 Å². The fourth-order valence-electron chi connectivity index (χ4n) is 2.75. The van der Waals surface area contributed by atoms with Crippen LogP contribution in [0, 0.1) is 5.41 Å².